The van der Waals surface area contributed by atoms with Crippen LogP contribution in [0.4, 0.5) is 25.1 Å². The number of ether oxygens (including phenoxy) is 1. The molecule has 2 aromatic heterocycles. The van der Waals surface area contributed by atoms with Gasteiger partial charge in [-0.05, 0) is 55.7 Å². The summed E-state index contributed by atoms with van der Waals surface area (Å²) >= 11 is 0. The maximum absolute atomic E-state index is 13.9. The molecule has 0 radical (unpaired) electrons. The van der Waals surface area contributed by atoms with Crippen LogP contribution >= 0.6 is 0 Å². The normalized spacial score (nSPS) is 13.5. The summed E-state index contributed by atoms with van der Waals surface area (Å²) in [6.07, 6.45) is 2.79. The molecule has 3 heterocycles. The molecule has 1 aromatic carbocycles. The van der Waals surface area contributed by atoms with E-state index in [0.717, 1.165) is 16.4 Å². The van der Waals surface area contributed by atoms with Crippen molar-refractivity contribution in [2.75, 3.05) is 22.8 Å². The molecule has 1 aliphatic rings. The lowest BCUT2D eigenvalue weighted by atomic mass is 10.0. The number of carbonyl (C=O) groups excluding carboxylic acids is 2. The Morgan fingerprint density at radius 3 is 2.50 bits per heavy atom. The average molecular weight is 575 g/mol. The highest BCUT2D eigenvalue weighted by atomic mass is 32.2. The second kappa shape index (κ2) is 11.8. The Morgan fingerprint density at radius 1 is 1.12 bits per heavy atom. The molecule has 3 amide bonds. The Bertz CT molecular complexity index is 1480. The highest BCUT2D eigenvalue weighted by molar-refractivity contribution is 7.91. The van der Waals surface area contributed by atoms with Gasteiger partial charge in [0.25, 0.3) is 0 Å². The predicted molar refractivity (Wildman–Crippen MR) is 143 cm³/mol. The van der Waals surface area contributed by atoms with Crippen LogP contribution in [0, 0.1) is 11.6 Å². The number of likely N-dealkylation sites (N-methyl/N-ethyl adjacent to an activating group) is 1. The number of benzene rings is 1. The highest BCUT2D eigenvalue weighted by Crippen LogP contribution is 2.26. The molecule has 40 heavy (non-hydrogen) atoms. The fraction of sp³-hybridized carbons (Fsp3) is 0.308. The van der Waals surface area contributed by atoms with E-state index in [-0.39, 0.29) is 30.5 Å². The first kappa shape index (κ1) is 28.7. The molecular formula is C26H28F2N6O5S. The minimum absolute atomic E-state index is 0.0730. The summed E-state index contributed by atoms with van der Waals surface area (Å²) in [5.41, 5.74) is 1.12. The number of nitrogens with one attached hydrogen (secondary N) is 2. The van der Waals surface area contributed by atoms with Crippen LogP contribution in [0.3, 0.4) is 0 Å². The Balaban J connectivity index is 1.54. The summed E-state index contributed by atoms with van der Waals surface area (Å²) in [4.78, 5) is 35.8. The summed E-state index contributed by atoms with van der Waals surface area (Å²) in [7, 11) is -2.96. The van der Waals surface area contributed by atoms with Crippen molar-refractivity contribution in [1.29, 1.82) is 0 Å². The van der Waals surface area contributed by atoms with E-state index in [2.05, 4.69) is 15.3 Å². The molecule has 0 fully saturated rings. The summed E-state index contributed by atoms with van der Waals surface area (Å²) in [5, 5.41) is 2.34. The second-order valence-electron chi connectivity index (χ2n) is 9.34. The van der Waals surface area contributed by atoms with Gasteiger partial charge >= 0.3 is 16.2 Å². The summed E-state index contributed by atoms with van der Waals surface area (Å²) in [6, 6.07) is 6.65. The molecule has 3 aromatic rings. The van der Waals surface area contributed by atoms with Crippen LogP contribution in [0.15, 0.2) is 54.9 Å². The van der Waals surface area contributed by atoms with Gasteiger partial charge in [0.05, 0.1) is 18.0 Å². The van der Waals surface area contributed by atoms with Crippen molar-refractivity contribution in [3.8, 4) is 5.88 Å². The number of aromatic nitrogens is 2. The lowest BCUT2D eigenvalue weighted by Gasteiger charge is -2.25. The third kappa shape index (κ3) is 6.81. The number of rotatable bonds is 9. The van der Waals surface area contributed by atoms with Crippen molar-refractivity contribution in [2.24, 2.45) is 0 Å². The van der Waals surface area contributed by atoms with Gasteiger partial charge in [-0.1, -0.05) is 6.07 Å². The first-order valence-corrected chi connectivity index (χ1v) is 13.8. The molecule has 11 nitrogen and oxygen atoms in total. The minimum Gasteiger partial charge on any atom is -0.475 e. The van der Waals surface area contributed by atoms with Crippen LogP contribution < -0.4 is 24.0 Å². The zero-order valence-electron chi connectivity index (χ0n) is 22.0. The van der Waals surface area contributed by atoms with Gasteiger partial charge in [0.1, 0.15) is 23.5 Å². The number of anilines is 2. The molecule has 0 bridgehead atoms. The summed E-state index contributed by atoms with van der Waals surface area (Å²) in [6.45, 7) is 3.74. The van der Waals surface area contributed by atoms with E-state index in [9.17, 15) is 26.8 Å². The maximum Gasteiger partial charge on any atom is 0.330 e. The molecule has 1 atom stereocenters. The molecule has 4 rings (SSSR count). The minimum atomic E-state index is -4.38. The molecule has 2 N–H and O–H groups in total. The number of hydrogen-bond donors (Lipinski definition) is 2. The van der Waals surface area contributed by atoms with Gasteiger partial charge in [0.2, 0.25) is 11.8 Å². The lowest BCUT2D eigenvalue weighted by molar-refractivity contribution is -0.120. The molecule has 14 heteroatoms. The molecule has 212 valence electrons. The van der Waals surface area contributed by atoms with Crippen LogP contribution in [-0.4, -0.2) is 56.1 Å². The third-order valence-electron chi connectivity index (χ3n) is 5.96. The average Bonchev–Trinajstić information content (AvgIpc) is 3.32. The van der Waals surface area contributed by atoms with E-state index >= 15 is 0 Å². The van der Waals surface area contributed by atoms with Gasteiger partial charge < -0.3 is 15.0 Å². The van der Waals surface area contributed by atoms with Crippen molar-refractivity contribution in [3.05, 3.63) is 77.6 Å². The van der Waals surface area contributed by atoms with E-state index in [1.807, 2.05) is 18.6 Å². The van der Waals surface area contributed by atoms with Crippen molar-refractivity contribution >= 4 is 33.7 Å². The highest BCUT2D eigenvalue weighted by Gasteiger charge is 2.33. The third-order valence-corrected chi connectivity index (χ3v) is 7.34. The van der Waals surface area contributed by atoms with Crippen molar-refractivity contribution < 1.29 is 31.5 Å². The molecule has 0 aliphatic carbocycles. The van der Waals surface area contributed by atoms with Crippen molar-refractivity contribution in [3.63, 3.8) is 0 Å². The van der Waals surface area contributed by atoms with Crippen LogP contribution in [0.25, 0.3) is 0 Å². The Kier molecular flexibility index (Phi) is 8.47. The van der Waals surface area contributed by atoms with E-state index in [4.69, 9.17) is 4.74 Å². The van der Waals surface area contributed by atoms with Gasteiger partial charge in [-0.2, -0.15) is 8.42 Å². The first-order chi connectivity index (χ1) is 18.9. The van der Waals surface area contributed by atoms with Crippen molar-refractivity contribution in [2.45, 2.75) is 38.8 Å². The lowest BCUT2D eigenvalue weighted by Crippen LogP contribution is -2.54. The van der Waals surface area contributed by atoms with E-state index < -0.39 is 39.8 Å². The SMILES string of the molecule is CC(C)Oc1ccc(N(C)C(=O)[C@H](Cc2cc(F)cc(F)c2)NC(=O)NS(=O)(=O)N2CCc3cccnc32)cn1. The zero-order chi connectivity index (χ0) is 29.0. The molecule has 0 saturated carbocycles. The monoisotopic (exact) mass is 574 g/mol. The second-order valence-corrected chi connectivity index (χ2v) is 10.9. The number of carbonyl (C=O) groups is 2. The number of halogens is 2. The molecule has 0 saturated heterocycles. The van der Waals surface area contributed by atoms with Gasteiger partial charge in [0, 0.05) is 38.3 Å². The smallest absolute Gasteiger partial charge is 0.330 e. The Labute approximate surface area is 230 Å². The van der Waals surface area contributed by atoms with Gasteiger partial charge in [-0.15, -0.1) is 0 Å². The van der Waals surface area contributed by atoms with Gasteiger partial charge in [0.15, 0.2) is 0 Å². The summed E-state index contributed by atoms with van der Waals surface area (Å²) < 4.78 is 62.0. The van der Waals surface area contributed by atoms with Gasteiger partial charge in [-0.25, -0.2) is 32.6 Å². The number of pyridine rings is 2. The number of urea groups is 1. The molecule has 1 aliphatic heterocycles. The number of hydrogen-bond acceptors (Lipinski definition) is 7. The fourth-order valence-corrected chi connectivity index (χ4v) is 5.31. The number of fused-ring (bicyclic) bond motifs is 1. The fourth-order valence-electron chi connectivity index (χ4n) is 4.18. The zero-order valence-corrected chi connectivity index (χ0v) is 22.8. The predicted octanol–water partition coefficient (Wildman–Crippen LogP) is 2.72. The van der Waals surface area contributed by atoms with Crippen LogP contribution in [-0.2, 0) is 27.8 Å². The molecule has 0 unspecified atom stereocenters. The number of nitrogens with zero attached hydrogens (tertiary/aromatic N) is 4. The largest absolute Gasteiger partial charge is 0.475 e. The van der Waals surface area contributed by atoms with Gasteiger partial charge in [-0.3, -0.25) is 4.79 Å². The van der Waals surface area contributed by atoms with Crippen LogP contribution in [0.1, 0.15) is 25.0 Å². The Hall–Kier alpha value is -4.33. The standard InChI is InChI=1S/C26H28F2N6O5S/c1-16(2)39-23-7-6-21(15-30-23)33(3)25(35)22(13-17-11-19(27)14-20(28)12-17)31-26(36)32-40(37,38)34-10-8-18-5-4-9-29-24(18)34/h4-7,9,11-12,14-16,22H,8,10,13H2,1-3H3,(H2,31,32,36)/t22-/m0/s1. The quantitative estimate of drug-likeness (QED) is 0.401. The molecular weight excluding hydrogens is 546 g/mol. The van der Waals surface area contributed by atoms with E-state index in [0.29, 0.717) is 29.6 Å². The van der Waals surface area contributed by atoms with Crippen molar-refractivity contribution in [1.82, 2.24) is 20.0 Å². The maximum atomic E-state index is 13.9. The van der Waals surface area contributed by atoms with E-state index in [1.165, 1.54) is 24.3 Å². The number of amides is 3. The molecule has 0 spiro atoms. The Morgan fingerprint density at radius 2 is 1.85 bits per heavy atom. The van der Waals surface area contributed by atoms with Crippen LogP contribution in [0.5, 0.6) is 5.88 Å². The summed E-state index contributed by atoms with van der Waals surface area (Å²) in [5.74, 6) is -1.89. The topological polar surface area (TPSA) is 134 Å². The van der Waals surface area contributed by atoms with Crippen LogP contribution in [0.2, 0.25) is 0 Å². The first-order valence-electron chi connectivity index (χ1n) is 12.3. The van der Waals surface area contributed by atoms with E-state index in [1.54, 1.807) is 24.3 Å².